The number of nitrogens with one attached hydrogen (secondary N) is 2. The first-order chi connectivity index (χ1) is 9.99. The Bertz CT molecular complexity index is 635. The molecule has 0 aromatic heterocycles. The number of rotatable bonds is 5. The highest BCUT2D eigenvalue weighted by atomic mass is 79.9. The average Bonchev–Trinajstić information content (AvgIpc) is 3.03. The van der Waals surface area contributed by atoms with Crippen molar-refractivity contribution in [2.24, 2.45) is 0 Å². The molecular weight excluding hydrogens is 356 g/mol. The lowest BCUT2D eigenvalue weighted by atomic mass is 9.96. The van der Waals surface area contributed by atoms with Crippen molar-refractivity contribution in [3.05, 3.63) is 28.2 Å². The average molecular weight is 375 g/mol. The van der Waals surface area contributed by atoms with E-state index >= 15 is 0 Å². The third-order valence-corrected chi connectivity index (χ3v) is 6.56. The van der Waals surface area contributed by atoms with E-state index in [-0.39, 0.29) is 23.1 Å². The third kappa shape index (κ3) is 3.17. The molecule has 3 atom stereocenters. The Morgan fingerprint density at radius 2 is 2.19 bits per heavy atom. The molecule has 0 spiro atoms. The number of benzene rings is 1. The molecule has 0 radical (unpaired) electrons. The molecule has 0 saturated carbocycles. The minimum Gasteiger partial charge on any atom is -0.373 e. The number of hydrogen-bond donors (Lipinski definition) is 2. The number of halogens is 1. The van der Waals surface area contributed by atoms with Crippen LogP contribution in [-0.2, 0) is 21.3 Å². The molecule has 1 aromatic carbocycles. The Kier molecular flexibility index (Phi) is 4.38. The van der Waals surface area contributed by atoms with Gasteiger partial charge in [0, 0.05) is 11.0 Å². The summed E-state index contributed by atoms with van der Waals surface area (Å²) in [7, 11) is -1.71. The van der Waals surface area contributed by atoms with Gasteiger partial charge in [0.1, 0.15) is 0 Å². The van der Waals surface area contributed by atoms with E-state index < -0.39 is 10.0 Å². The van der Waals surface area contributed by atoms with Crippen LogP contribution in [0.1, 0.15) is 24.8 Å². The van der Waals surface area contributed by atoms with Crippen LogP contribution in [0.15, 0.2) is 27.6 Å². The maximum Gasteiger partial charge on any atom is 0.242 e. The van der Waals surface area contributed by atoms with E-state index in [0.717, 1.165) is 24.8 Å². The Morgan fingerprint density at radius 3 is 2.81 bits per heavy atom. The van der Waals surface area contributed by atoms with Gasteiger partial charge in [0.2, 0.25) is 10.0 Å². The van der Waals surface area contributed by atoms with Crippen LogP contribution in [0.4, 0.5) is 0 Å². The quantitative estimate of drug-likeness (QED) is 0.823. The molecule has 2 aliphatic heterocycles. The molecule has 2 bridgehead atoms. The van der Waals surface area contributed by atoms with Crippen molar-refractivity contribution in [2.75, 3.05) is 7.05 Å². The first-order valence-corrected chi connectivity index (χ1v) is 9.38. The molecule has 1 aromatic rings. The largest absolute Gasteiger partial charge is 0.373 e. The van der Waals surface area contributed by atoms with E-state index in [1.54, 1.807) is 12.1 Å². The van der Waals surface area contributed by atoms with Gasteiger partial charge >= 0.3 is 0 Å². The summed E-state index contributed by atoms with van der Waals surface area (Å²) >= 11 is 3.34. The van der Waals surface area contributed by atoms with Crippen LogP contribution in [0.25, 0.3) is 0 Å². The van der Waals surface area contributed by atoms with Gasteiger partial charge in [-0.25, -0.2) is 13.1 Å². The maximum atomic E-state index is 12.6. The summed E-state index contributed by atoms with van der Waals surface area (Å²) in [4.78, 5) is 0.290. The van der Waals surface area contributed by atoms with E-state index in [1.807, 2.05) is 13.1 Å². The minimum absolute atomic E-state index is 0.0315. The number of sulfonamides is 1. The van der Waals surface area contributed by atoms with Crippen molar-refractivity contribution in [3.63, 3.8) is 0 Å². The molecule has 0 amide bonds. The fraction of sp³-hybridized carbons (Fsp3) is 0.571. The predicted octanol–water partition coefficient (Wildman–Crippen LogP) is 1.77. The minimum atomic E-state index is -3.54. The van der Waals surface area contributed by atoms with Crippen LogP contribution >= 0.6 is 15.9 Å². The second-order valence-corrected chi connectivity index (χ2v) is 8.17. The lowest BCUT2D eigenvalue weighted by Gasteiger charge is -2.20. The smallest absolute Gasteiger partial charge is 0.242 e. The standard InChI is InChI=1S/C14H19BrN2O3S/c1-16-8-9-2-4-11(15)14(6-9)21(18,19)17-12-7-10-3-5-13(12)20-10/h2,4,6,10,12-13,16-17H,3,5,7-8H2,1H3. The monoisotopic (exact) mass is 374 g/mol. The van der Waals surface area contributed by atoms with Crippen molar-refractivity contribution in [3.8, 4) is 0 Å². The zero-order valence-electron chi connectivity index (χ0n) is 11.8. The summed E-state index contributed by atoms with van der Waals surface area (Å²) in [6.45, 7) is 0.632. The third-order valence-electron chi connectivity index (χ3n) is 4.08. The van der Waals surface area contributed by atoms with Crippen molar-refractivity contribution in [1.82, 2.24) is 10.0 Å². The van der Waals surface area contributed by atoms with Crippen LogP contribution < -0.4 is 10.0 Å². The fourth-order valence-corrected chi connectivity index (χ4v) is 5.38. The van der Waals surface area contributed by atoms with E-state index in [1.165, 1.54) is 0 Å². The molecule has 2 heterocycles. The van der Waals surface area contributed by atoms with Gasteiger partial charge in [-0.05, 0) is 59.9 Å². The molecule has 7 heteroatoms. The first-order valence-electron chi connectivity index (χ1n) is 7.10. The highest BCUT2D eigenvalue weighted by Crippen LogP contribution is 2.35. The fourth-order valence-electron chi connectivity index (χ4n) is 3.09. The molecule has 2 N–H and O–H groups in total. The van der Waals surface area contributed by atoms with E-state index in [0.29, 0.717) is 11.0 Å². The lowest BCUT2D eigenvalue weighted by molar-refractivity contribution is 0.0996. The van der Waals surface area contributed by atoms with Crippen molar-refractivity contribution < 1.29 is 13.2 Å². The van der Waals surface area contributed by atoms with Crippen molar-refractivity contribution in [2.45, 2.75) is 49.0 Å². The first kappa shape index (κ1) is 15.4. The van der Waals surface area contributed by atoms with Gasteiger partial charge in [-0.2, -0.15) is 0 Å². The van der Waals surface area contributed by atoms with Gasteiger partial charge in [0.25, 0.3) is 0 Å². The Balaban J connectivity index is 1.82. The topological polar surface area (TPSA) is 67.4 Å². The Labute approximate surface area is 133 Å². The molecular formula is C14H19BrN2O3S. The van der Waals surface area contributed by atoms with E-state index in [4.69, 9.17) is 4.74 Å². The summed E-state index contributed by atoms with van der Waals surface area (Å²) in [5.41, 5.74) is 0.935. The molecule has 21 heavy (non-hydrogen) atoms. The second kappa shape index (κ2) is 5.96. The van der Waals surface area contributed by atoms with Gasteiger partial charge in [-0.1, -0.05) is 6.07 Å². The highest BCUT2D eigenvalue weighted by molar-refractivity contribution is 9.10. The summed E-state index contributed by atoms with van der Waals surface area (Å²) in [6, 6.07) is 5.28. The molecule has 5 nitrogen and oxygen atoms in total. The second-order valence-electron chi connectivity index (χ2n) is 5.63. The summed E-state index contributed by atoms with van der Waals surface area (Å²) in [5.74, 6) is 0. The maximum absolute atomic E-state index is 12.6. The van der Waals surface area contributed by atoms with Crippen LogP contribution in [0.2, 0.25) is 0 Å². The SMILES string of the molecule is CNCc1ccc(Br)c(S(=O)(=O)NC2CC3CCC2O3)c1. The number of fused-ring (bicyclic) bond motifs is 2. The van der Waals surface area contributed by atoms with Crippen LogP contribution in [0, 0.1) is 0 Å². The van der Waals surface area contributed by atoms with E-state index in [9.17, 15) is 8.42 Å². The Morgan fingerprint density at radius 1 is 1.38 bits per heavy atom. The molecule has 116 valence electrons. The zero-order valence-corrected chi connectivity index (χ0v) is 14.2. The molecule has 2 saturated heterocycles. The van der Waals surface area contributed by atoms with Gasteiger partial charge < -0.3 is 10.1 Å². The lowest BCUT2D eigenvalue weighted by Crippen LogP contribution is -2.41. The normalized spacial score (nSPS) is 28.2. The van der Waals surface area contributed by atoms with Gasteiger partial charge in [-0.3, -0.25) is 0 Å². The summed E-state index contributed by atoms with van der Waals surface area (Å²) in [5, 5.41) is 3.03. The summed E-state index contributed by atoms with van der Waals surface area (Å²) < 4.78 is 34.4. The van der Waals surface area contributed by atoms with E-state index in [2.05, 4.69) is 26.0 Å². The molecule has 3 rings (SSSR count). The highest BCUT2D eigenvalue weighted by Gasteiger charge is 2.42. The molecule has 3 unspecified atom stereocenters. The predicted molar refractivity (Wildman–Crippen MR) is 83.5 cm³/mol. The van der Waals surface area contributed by atoms with Gasteiger partial charge in [-0.15, -0.1) is 0 Å². The van der Waals surface area contributed by atoms with Crippen LogP contribution in [0.5, 0.6) is 0 Å². The zero-order chi connectivity index (χ0) is 15.0. The van der Waals surface area contributed by atoms with Crippen molar-refractivity contribution in [1.29, 1.82) is 0 Å². The Hall–Kier alpha value is -0.470. The number of ether oxygens (including phenoxy) is 1. The number of hydrogen-bond acceptors (Lipinski definition) is 4. The molecule has 2 fully saturated rings. The molecule has 0 aliphatic carbocycles. The van der Waals surface area contributed by atoms with Crippen LogP contribution in [-0.4, -0.2) is 33.7 Å². The van der Waals surface area contributed by atoms with Crippen molar-refractivity contribution >= 4 is 26.0 Å². The summed E-state index contributed by atoms with van der Waals surface area (Å²) in [6.07, 6.45) is 3.02. The van der Waals surface area contributed by atoms with Gasteiger partial charge in [0.15, 0.2) is 0 Å². The van der Waals surface area contributed by atoms with Gasteiger partial charge in [0.05, 0.1) is 23.1 Å². The molecule has 2 aliphatic rings. The van der Waals surface area contributed by atoms with Crippen LogP contribution in [0.3, 0.4) is 0 Å².